The maximum Gasteiger partial charge on any atom is 0.410 e. The minimum atomic E-state index is -0.901. The molecule has 0 aliphatic carbocycles. The van der Waals surface area contributed by atoms with Crippen LogP contribution in [0.5, 0.6) is 5.75 Å². The Morgan fingerprint density at radius 2 is 2.04 bits per heavy atom. The lowest BCUT2D eigenvalue weighted by molar-refractivity contribution is -0.141. The molecular weight excluding hydrogens is 346 g/mol. The lowest BCUT2D eigenvalue weighted by Gasteiger charge is -2.38. The van der Waals surface area contributed by atoms with Gasteiger partial charge in [-0.1, -0.05) is 0 Å². The molecule has 2 fully saturated rings. The molecule has 2 amide bonds. The fraction of sp³-hybridized carbons (Fsp3) is 0.556. The van der Waals surface area contributed by atoms with Gasteiger partial charge in [0.1, 0.15) is 11.4 Å². The molecule has 0 saturated carbocycles. The zero-order chi connectivity index (χ0) is 18.9. The van der Waals surface area contributed by atoms with E-state index in [2.05, 4.69) is 0 Å². The van der Waals surface area contributed by atoms with E-state index in [0.717, 1.165) is 12.1 Å². The highest BCUT2D eigenvalue weighted by Crippen LogP contribution is 2.33. The summed E-state index contributed by atoms with van der Waals surface area (Å²) >= 11 is 0. The maximum atomic E-state index is 13.7. The third kappa shape index (κ3) is 3.59. The summed E-state index contributed by atoms with van der Waals surface area (Å²) in [6, 6.07) is 2.95. The van der Waals surface area contributed by atoms with E-state index in [1.54, 1.807) is 9.80 Å². The van der Waals surface area contributed by atoms with Crippen LogP contribution in [0, 0.1) is 11.6 Å². The highest BCUT2D eigenvalue weighted by molar-refractivity contribution is 5.81. The van der Waals surface area contributed by atoms with Crippen LogP contribution in [0.25, 0.3) is 0 Å². The van der Waals surface area contributed by atoms with Crippen molar-refractivity contribution in [3.05, 3.63) is 29.8 Å². The summed E-state index contributed by atoms with van der Waals surface area (Å²) in [7, 11) is 0. The lowest BCUT2D eigenvalue weighted by Crippen LogP contribution is -2.51. The molecule has 1 aromatic rings. The highest BCUT2D eigenvalue weighted by Gasteiger charge is 2.47. The van der Waals surface area contributed by atoms with E-state index in [9.17, 15) is 18.4 Å². The Balaban J connectivity index is 1.57. The molecule has 1 atom stereocenters. The monoisotopic (exact) mass is 368 g/mol. The number of nitrogens with zero attached hydrogens (tertiary/aromatic N) is 2. The van der Waals surface area contributed by atoms with Crippen LogP contribution in [0.3, 0.4) is 0 Å². The first-order valence-corrected chi connectivity index (χ1v) is 8.72. The van der Waals surface area contributed by atoms with Crippen molar-refractivity contribution in [1.29, 1.82) is 0 Å². The molecule has 0 aromatic heterocycles. The Morgan fingerprint density at radius 1 is 1.35 bits per heavy atom. The topological polar surface area (TPSA) is 59.1 Å². The number of hydrogen-bond acceptors (Lipinski definition) is 4. The number of halogens is 2. The Hall–Kier alpha value is -2.38. The van der Waals surface area contributed by atoms with Gasteiger partial charge in [0.05, 0.1) is 6.54 Å². The smallest absolute Gasteiger partial charge is 0.410 e. The Kier molecular flexibility index (Phi) is 5.02. The van der Waals surface area contributed by atoms with E-state index in [-0.39, 0.29) is 17.7 Å². The quantitative estimate of drug-likeness (QED) is 0.820. The van der Waals surface area contributed by atoms with Gasteiger partial charge >= 0.3 is 6.09 Å². The van der Waals surface area contributed by atoms with Gasteiger partial charge in [0.2, 0.25) is 0 Å². The van der Waals surface area contributed by atoms with E-state index < -0.39 is 23.3 Å². The summed E-state index contributed by atoms with van der Waals surface area (Å²) in [6.45, 7) is 5.43. The van der Waals surface area contributed by atoms with Gasteiger partial charge in [-0.15, -0.1) is 0 Å². The van der Waals surface area contributed by atoms with E-state index in [4.69, 9.17) is 9.47 Å². The van der Waals surface area contributed by atoms with Crippen LogP contribution in [-0.4, -0.2) is 59.7 Å². The first-order valence-electron chi connectivity index (χ1n) is 8.72. The third-order valence-electron chi connectivity index (χ3n) is 4.95. The van der Waals surface area contributed by atoms with Gasteiger partial charge in [-0.2, -0.15) is 0 Å². The minimum Gasteiger partial charge on any atom is -0.478 e. The highest BCUT2D eigenvalue weighted by atomic mass is 19.1. The number of likely N-dealkylation sites (N-methyl/N-ethyl adjacent to an activating group) is 1. The van der Waals surface area contributed by atoms with Crippen molar-refractivity contribution in [3.63, 3.8) is 0 Å². The number of hydrogen-bond donors (Lipinski definition) is 0. The van der Waals surface area contributed by atoms with Crippen molar-refractivity contribution in [1.82, 2.24) is 9.80 Å². The van der Waals surface area contributed by atoms with Gasteiger partial charge in [-0.05, 0) is 26.0 Å². The molecule has 0 bridgehead atoms. The van der Waals surface area contributed by atoms with Crippen molar-refractivity contribution in [2.24, 2.45) is 0 Å². The van der Waals surface area contributed by atoms with E-state index >= 15 is 0 Å². The first-order chi connectivity index (χ1) is 12.3. The van der Waals surface area contributed by atoms with Gasteiger partial charge in [0.15, 0.2) is 17.7 Å². The fourth-order valence-corrected chi connectivity index (χ4v) is 3.40. The summed E-state index contributed by atoms with van der Waals surface area (Å²) in [5.74, 6) is -1.99. The lowest BCUT2D eigenvalue weighted by atomic mass is 9.91. The Labute approximate surface area is 150 Å². The molecule has 1 aromatic carbocycles. The molecule has 2 saturated heterocycles. The van der Waals surface area contributed by atoms with Crippen LogP contribution >= 0.6 is 0 Å². The largest absolute Gasteiger partial charge is 0.478 e. The summed E-state index contributed by atoms with van der Waals surface area (Å²) in [4.78, 5) is 27.6. The van der Waals surface area contributed by atoms with Crippen molar-refractivity contribution in [2.75, 3.05) is 26.2 Å². The fourth-order valence-electron chi connectivity index (χ4n) is 3.40. The van der Waals surface area contributed by atoms with Gasteiger partial charge in [-0.25, -0.2) is 13.6 Å². The summed E-state index contributed by atoms with van der Waals surface area (Å²) in [6.07, 6.45) is -0.102. The number of rotatable bonds is 4. The summed E-state index contributed by atoms with van der Waals surface area (Å²) < 4.78 is 37.5. The van der Waals surface area contributed by atoms with E-state index in [1.165, 1.54) is 6.92 Å². The second-order valence-electron chi connectivity index (χ2n) is 6.73. The number of piperidine rings is 1. The zero-order valence-electron chi connectivity index (χ0n) is 14.8. The SMILES string of the molecule is CCN1CC2(CCN(C(=O)C(C)Oc3ccc(F)cc3F)CC2)OC1=O. The van der Waals surface area contributed by atoms with Crippen molar-refractivity contribution >= 4 is 12.0 Å². The third-order valence-corrected chi connectivity index (χ3v) is 4.95. The molecule has 1 spiro atoms. The van der Waals surface area contributed by atoms with E-state index in [0.29, 0.717) is 45.1 Å². The summed E-state index contributed by atoms with van der Waals surface area (Å²) in [5, 5.41) is 0. The Bertz CT molecular complexity index is 704. The molecule has 1 unspecified atom stereocenters. The predicted octanol–water partition coefficient (Wildman–Crippen LogP) is 2.57. The molecular formula is C18H22F2N2O4. The molecule has 2 aliphatic heterocycles. The molecule has 0 N–H and O–H groups in total. The number of likely N-dealkylation sites (tertiary alicyclic amines) is 1. The number of carbonyl (C=O) groups excluding carboxylic acids is 2. The molecule has 6 nitrogen and oxygen atoms in total. The van der Waals surface area contributed by atoms with Crippen molar-refractivity contribution in [3.8, 4) is 5.75 Å². The van der Waals surface area contributed by atoms with Crippen LogP contribution in [0.2, 0.25) is 0 Å². The van der Waals surface area contributed by atoms with Crippen LogP contribution in [-0.2, 0) is 9.53 Å². The average Bonchev–Trinajstić information content (AvgIpc) is 2.92. The standard InChI is InChI=1S/C18H22F2N2O4/c1-3-21-11-18(26-17(21)24)6-8-22(9-7-18)16(23)12(2)25-15-5-4-13(19)10-14(15)20/h4-5,10,12H,3,6-9,11H2,1-2H3. The van der Waals surface area contributed by atoms with Gasteiger partial charge in [0.25, 0.3) is 5.91 Å². The van der Waals surface area contributed by atoms with E-state index in [1.807, 2.05) is 6.92 Å². The number of ether oxygens (including phenoxy) is 2. The molecule has 3 rings (SSSR count). The first kappa shape index (κ1) is 18.4. The van der Waals surface area contributed by atoms with Crippen molar-refractivity contribution < 1.29 is 27.8 Å². The van der Waals surface area contributed by atoms with Crippen LogP contribution < -0.4 is 4.74 Å². The molecule has 142 valence electrons. The molecule has 8 heteroatoms. The Morgan fingerprint density at radius 3 is 2.62 bits per heavy atom. The molecule has 2 heterocycles. The van der Waals surface area contributed by atoms with Gasteiger partial charge < -0.3 is 19.3 Å². The molecule has 0 radical (unpaired) electrons. The predicted molar refractivity (Wildman–Crippen MR) is 88.7 cm³/mol. The normalized spacial score (nSPS) is 20.2. The number of benzene rings is 1. The molecule has 2 aliphatic rings. The van der Waals surface area contributed by atoms with Crippen LogP contribution in [0.4, 0.5) is 13.6 Å². The van der Waals surface area contributed by atoms with Gasteiger partial charge in [0, 0.05) is 38.5 Å². The van der Waals surface area contributed by atoms with Crippen LogP contribution in [0.15, 0.2) is 18.2 Å². The van der Waals surface area contributed by atoms with Crippen molar-refractivity contribution in [2.45, 2.75) is 38.4 Å². The average molecular weight is 368 g/mol. The summed E-state index contributed by atoms with van der Waals surface area (Å²) in [5.41, 5.74) is -0.531. The van der Waals surface area contributed by atoms with Gasteiger partial charge in [-0.3, -0.25) is 4.79 Å². The number of carbonyl (C=O) groups is 2. The van der Waals surface area contributed by atoms with Crippen LogP contribution in [0.1, 0.15) is 26.7 Å². The maximum absolute atomic E-state index is 13.7. The number of amides is 2. The second kappa shape index (κ2) is 7.09. The minimum absolute atomic E-state index is 0.163. The second-order valence-corrected chi connectivity index (χ2v) is 6.73. The zero-order valence-corrected chi connectivity index (χ0v) is 14.8. The molecule has 26 heavy (non-hydrogen) atoms.